The first-order chi connectivity index (χ1) is 12.1. The van der Waals surface area contributed by atoms with E-state index in [1.165, 1.54) is 12.1 Å². The Kier molecular flexibility index (Phi) is 5.75. The Bertz CT molecular complexity index is 837. The number of nitrogens with zero attached hydrogens (tertiary/aromatic N) is 3. The van der Waals surface area contributed by atoms with E-state index in [4.69, 9.17) is 0 Å². The minimum atomic E-state index is -0.496. The third-order valence-electron chi connectivity index (χ3n) is 4.01. The average Bonchev–Trinajstić information content (AvgIpc) is 2.54. The fraction of sp³-hybridized carbons (Fsp3) is 0.400. The lowest BCUT2D eigenvalue weighted by Gasteiger charge is -2.21. The maximum absolute atomic E-state index is 11.1. The molecule has 0 fully saturated rings. The molecular weight excluding hydrogens is 330 g/mol. The van der Waals surface area contributed by atoms with Crippen LogP contribution in [-0.4, -0.2) is 10.0 Å². The third-order valence-corrected chi connectivity index (χ3v) is 4.01. The van der Waals surface area contributed by atoms with E-state index in [1.54, 1.807) is 18.2 Å². The van der Waals surface area contributed by atoms with Gasteiger partial charge in [-0.05, 0) is 41.0 Å². The second kappa shape index (κ2) is 7.64. The number of rotatable bonds is 5. The zero-order valence-electron chi connectivity index (χ0n) is 15.9. The largest absolute Gasteiger partial charge is 0.505 e. The lowest BCUT2D eigenvalue weighted by Crippen LogP contribution is -2.11. The van der Waals surface area contributed by atoms with Gasteiger partial charge in [0.25, 0.3) is 5.69 Å². The first-order valence-electron chi connectivity index (χ1n) is 8.61. The number of hydrogen-bond donors (Lipinski definition) is 1. The van der Waals surface area contributed by atoms with Crippen LogP contribution in [0, 0.1) is 16.0 Å². The number of nitro groups is 1. The molecular formula is C20H25N3O3. The van der Waals surface area contributed by atoms with Gasteiger partial charge in [-0.2, -0.15) is 0 Å². The quantitative estimate of drug-likeness (QED) is 0.393. The van der Waals surface area contributed by atoms with Crippen molar-refractivity contribution in [1.29, 1.82) is 0 Å². The molecule has 2 rings (SSSR count). The molecule has 0 aliphatic heterocycles. The first kappa shape index (κ1) is 19.6. The molecule has 0 unspecified atom stereocenters. The van der Waals surface area contributed by atoms with Crippen LogP contribution >= 0.6 is 0 Å². The lowest BCUT2D eigenvalue weighted by atomic mass is 9.84. The maximum atomic E-state index is 11.1. The van der Waals surface area contributed by atoms with E-state index < -0.39 is 4.92 Å². The Labute approximate surface area is 153 Å². The maximum Gasteiger partial charge on any atom is 0.296 e. The van der Waals surface area contributed by atoms with E-state index in [9.17, 15) is 15.2 Å². The van der Waals surface area contributed by atoms with Gasteiger partial charge in [-0.15, -0.1) is 10.2 Å². The molecule has 6 heteroatoms. The Morgan fingerprint density at radius 2 is 1.73 bits per heavy atom. The molecule has 0 amide bonds. The highest BCUT2D eigenvalue weighted by Crippen LogP contribution is 2.38. The molecule has 0 saturated carbocycles. The molecule has 1 N–H and O–H groups in total. The Morgan fingerprint density at radius 3 is 2.31 bits per heavy atom. The van der Waals surface area contributed by atoms with Crippen molar-refractivity contribution in [2.45, 2.75) is 46.5 Å². The number of phenolic OH excluding ortho intramolecular Hbond substituents is 1. The molecule has 0 heterocycles. The van der Waals surface area contributed by atoms with Gasteiger partial charge in [0.05, 0.1) is 4.92 Å². The molecule has 2 aromatic carbocycles. The molecule has 0 bridgehead atoms. The number of phenols is 1. The summed E-state index contributed by atoms with van der Waals surface area (Å²) in [6.07, 6.45) is 0.712. The van der Waals surface area contributed by atoms with Crippen LogP contribution in [0.5, 0.6) is 5.75 Å². The van der Waals surface area contributed by atoms with Gasteiger partial charge in [0.2, 0.25) is 0 Å². The van der Waals surface area contributed by atoms with Crippen LogP contribution in [0.1, 0.15) is 45.7 Å². The Morgan fingerprint density at radius 1 is 1.12 bits per heavy atom. The van der Waals surface area contributed by atoms with Crippen molar-refractivity contribution in [3.8, 4) is 5.75 Å². The Hall–Kier alpha value is -2.76. The minimum Gasteiger partial charge on any atom is -0.505 e. The zero-order valence-corrected chi connectivity index (χ0v) is 15.9. The van der Waals surface area contributed by atoms with Gasteiger partial charge >= 0.3 is 0 Å². The standard InChI is InChI=1S/C20H25N3O3/c1-13(2)10-14-11-15(20(3,4)5)12-17(19(14)24)22-21-16-8-6-7-9-18(16)23(25)26/h6-9,11-13,24H,10H2,1-5H3. The summed E-state index contributed by atoms with van der Waals surface area (Å²) in [5, 5.41) is 29.9. The fourth-order valence-electron chi connectivity index (χ4n) is 2.59. The number of hydrogen-bond acceptors (Lipinski definition) is 5. The van der Waals surface area contributed by atoms with Crippen molar-refractivity contribution >= 4 is 17.1 Å². The molecule has 0 aliphatic rings. The van der Waals surface area contributed by atoms with Crippen LogP contribution in [0.25, 0.3) is 0 Å². The van der Waals surface area contributed by atoms with E-state index in [2.05, 4.69) is 44.8 Å². The van der Waals surface area contributed by atoms with Gasteiger partial charge in [0, 0.05) is 6.07 Å². The molecule has 138 valence electrons. The van der Waals surface area contributed by atoms with Crippen molar-refractivity contribution in [3.63, 3.8) is 0 Å². The summed E-state index contributed by atoms with van der Waals surface area (Å²) in [5.41, 5.74) is 2.08. The van der Waals surface area contributed by atoms with E-state index >= 15 is 0 Å². The van der Waals surface area contributed by atoms with Gasteiger partial charge in [0.15, 0.2) is 5.69 Å². The zero-order chi connectivity index (χ0) is 19.5. The van der Waals surface area contributed by atoms with Crippen LogP contribution in [0.3, 0.4) is 0 Å². The highest BCUT2D eigenvalue weighted by molar-refractivity contribution is 5.60. The number of benzene rings is 2. The van der Waals surface area contributed by atoms with Crippen LogP contribution in [0.15, 0.2) is 46.6 Å². The van der Waals surface area contributed by atoms with Gasteiger partial charge in [0.1, 0.15) is 11.4 Å². The second-order valence-corrected chi connectivity index (χ2v) is 7.80. The van der Waals surface area contributed by atoms with Crippen molar-refractivity contribution in [3.05, 3.63) is 57.6 Å². The van der Waals surface area contributed by atoms with Crippen molar-refractivity contribution < 1.29 is 10.0 Å². The molecule has 2 aromatic rings. The summed E-state index contributed by atoms with van der Waals surface area (Å²) < 4.78 is 0. The van der Waals surface area contributed by atoms with Crippen LogP contribution < -0.4 is 0 Å². The number of para-hydroxylation sites is 1. The molecule has 6 nitrogen and oxygen atoms in total. The summed E-state index contributed by atoms with van der Waals surface area (Å²) in [7, 11) is 0. The highest BCUT2D eigenvalue weighted by atomic mass is 16.6. The van der Waals surface area contributed by atoms with E-state index in [0.717, 1.165) is 11.1 Å². The Balaban J connectivity index is 2.53. The molecule has 0 aliphatic carbocycles. The monoisotopic (exact) mass is 355 g/mol. The van der Waals surface area contributed by atoms with E-state index in [-0.39, 0.29) is 22.5 Å². The average molecular weight is 355 g/mol. The predicted molar refractivity (Wildman–Crippen MR) is 103 cm³/mol. The molecule has 0 spiro atoms. The predicted octanol–water partition coefficient (Wildman–Crippen LogP) is 6.21. The van der Waals surface area contributed by atoms with Crippen molar-refractivity contribution in [2.24, 2.45) is 16.1 Å². The van der Waals surface area contributed by atoms with Gasteiger partial charge in [-0.1, -0.05) is 52.8 Å². The number of aromatic hydroxyl groups is 1. The van der Waals surface area contributed by atoms with E-state index in [0.29, 0.717) is 18.0 Å². The van der Waals surface area contributed by atoms with E-state index in [1.807, 2.05) is 6.07 Å². The highest BCUT2D eigenvalue weighted by Gasteiger charge is 2.20. The van der Waals surface area contributed by atoms with Gasteiger partial charge < -0.3 is 5.11 Å². The lowest BCUT2D eigenvalue weighted by molar-refractivity contribution is -0.384. The number of nitro benzene ring substituents is 1. The summed E-state index contributed by atoms with van der Waals surface area (Å²) in [4.78, 5) is 10.6. The normalized spacial score (nSPS) is 12.1. The van der Waals surface area contributed by atoms with Crippen molar-refractivity contribution in [1.82, 2.24) is 0 Å². The second-order valence-electron chi connectivity index (χ2n) is 7.80. The summed E-state index contributed by atoms with van der Waals surface area (Å²) in [5.74, 6) is 0.449. The summed E-state index contributed by atoms with van der Waals surface area (Å²) in [6, 6.07) is 9.94. The molecule has 0 aromatic heterocycles. The van der Waals surface area contributed by atoms with Crippen LogP contribution in [-0.2, 0) is 11.8 Å². The third kappa shape index (κ3) is 4.65. The molecule has 26 heavy (non-hydrogen) atoms. The first-order valence-corrected chi connectivity index (χ1v) is 8.61. The smallest absolute Gasteiger partial charge is 0.296 e. The van der Waals surface area contributed by atoms with Gasteiger partial charge in [-0.25, -0.2) is 0 Å². The summed E-state index contributed by atoms with van der Waals surface area (Å²) >= 11 is 0. The van der Waals surface area contributed by atoms with Crippen LogP contribution in [0.4, 0.5) is 17.1 Å². The SMILES string of the molecule is CC(C)Cc1cc(C(C)(C)C)cc(N=Nc2ccccc2[N+](=O)[O-])c1O. The molecule has 0 radical (unpaired) electrons. The molecule has 0 saturated heterocycles. The topological polar surface area (TPSA) is 88.1 Å². The molecule has 0 atom stereocenters. The van der Waals surface area contributed by atoms with Crippen molar-refractivity contribution in [2.75, 3.05) is 0 Å². The fourth-order valence-corrected chi connectivity index (χ4v) is 2.59. The minimum absolute atomic E-state index is 0.0778. The number of azo groups is 1. The van der Waals surface area contributed by atoms with Crippen LogP contribution in [0.2, 0.25) is 0 Å². The van der Waals surface area contributed by atoms with Gasteiger partial charge in [-0.3, -0.25) is 10.1 Å². The summed E-state index contributed by atoms with van der Waals surface area (Å²) in [6.45, 7) is 10.4.